The van der Waals surface area contributed by atoms with Crippen molar-refractivity contribution in [3.8, 4) is 0 Å². The topological polar surface area (TPSA) is 57.2 Å². The molecule has 2 aliphatic rings. The van der Waals surface area contributed by atoms with Gasteiger partial charge in [-0.1, -0.05) is 30.3 Å². The molecule has 5 nitrogen and oxygen atoms in total. The Balaban J connectivity index is 1.78. The van der Waals surface area contributed by atoms with Gasteiger partial charge in [0.05, 0.1) is 13.2 Å². The summed E-state index contributed by atoms with van der Waals surface area (Å²) in [7, 11) is 3.26. The molecule has 3 atom stereocenters. The van der Waals surface area contributed by atoms with Crippen molar-refractivity contribution in [2.45, 2.75) is 36.9 Å². The Bertz CT molecular complexity index is 528. The van der Waals surface area contributed by atoms with Crippen molar-refractivity contribution in [2.24, 2.45) is 0 Å². The standard InChI is InChI=1S/C18H24O5/c1-20-11-15-16(12-21-2)23-18(22-15)9-8-14(10-17(18)19)13-6-4-3-5-7-13/h3-7,10,15-17,19H,8-9,11-12H2,1-2H3/t15-,16-,17-/m0/s1. The molecule has 0 aromatic heterocycles. The zero-order valence-electron chi connectivity index (χ0n) is 13.6. The number of aliphatic hydroxyl groups is 1. The van der Waals surface area contributed by atoms with Crippen LogP contribution in [0.4, 0.5) is 0 Å². The van der Waals surface area contributed by atoms with Crippen molar-refractivity contribution in [3.05, 3.63) is 42.0 Å². The molecule has 1 aliphatic carbocycles. The largest absolute Gasteiger partial charge is 0.383 e. The summed E-state index contributed by atoms with van der Waals surface area (Å²) in [5.74, 6) is -0.995. The van der Waals surface area contributed by atoms with Crippen LogP contribution < -0.4 is 0 Å². The average Bonchev–Trinajstić information content (AvgIpc) is 2.91. The molecule has 1 aliphatic heterocycles. The van der Waals surface area contributed by atoms with E-state index < -0.39 is 11.9 Å². The third-order valence-electron chi connectivity index (χ3n) is 4.48. The number of rotatable bonds is 5. The van der Waals surface area contributed by atoms with Crippen LogP contribution in [0.1, 0.15) is 18.4 Å². The molecule has 0 amide bonds. The number of methoxy groups -OCH3 is 2. The van der Waals surface area contributed by atoms with Gasteiger partial charge in [-0.15, -0.1) is 0 Å². The van der Waals surface area contributed by atoms with E-state index in [9.17, 15) is 5.11 Å². The molecule has 1 aromatic carbocycles. The van der Waals surface area contributed by atoms with Crippen molar-refractivity contribution in [1.29, 1.82) is 0 Å². The summed E-state index contributed by atoms with van der Waals surface area (Å²) >= 11 is 0. The van der Waals surface area contributed by atoms with Crippen LogP contribution in [0.2, 0.25) is 0 Å². The van der Waals surface area contributed by atoms with E-state index in [1.165, 1.54) is 0 Å². The average molecular weight is 320 g/mol. The summed E-state index contributed by atoms with van der Waals surface area (Å²) in [6.45, 7) is 0.829. The smallest absolute Gasteiger partial charge is 0.199 e. The van der Waals surface area contributed by atoms with Gasteiger partial charge in [0.15, 0.2) is 5.79 Å². The Morgan fingerprint density at radius 3 is 2.22 bits per heavy atom. The van der Waals surface area contributed by atoms with Crippen molar-refractivity contribution >= 4 is 5.57 Å². The van der Waals surface area contributed by atoms with Crippen molar-refractivity contribution in [1.82, 2.24) is 0 Å². The van der Waals surface area contributed by atoms with Gasteiger partial charge < -0.3 is 24.1 Å². The summed E-state index contributed by atoms with van der Waals surface area (Å²) in [4.78, 5) is 0. The molecule has 126 valence electrons. The monoisotopic (exact) mass is 320 g/mol. The predicted molar refractivity (Wildman–Crippen MR) is 85.9 cm³/mol. The molecule has 1 N–H and O–H groups in total. The molecule has 1 spiro atoms. The van der Waals surface area contributed by atoms with E-state index in [4.69, 9.17) is 18.9 Å². The summed E-state index contributed by atoms with van der Waals surface area (Å²) in [6, 6.07) is 10.1. The Labute approximate surface area is 136 Å². The molecule has 0 saturated carbocycles. The fourth-order valence-corrected chi connectivity index (χ4v) is 3.31. The molecule has 1 aromatic rings. The molecule has 0 bridgehead atoms. The fourth-order valence-electron chi connectivity index (χ4n) is 3.31. The molecule has 0 radical (unpaired) electrons. The molecule has 5 heteroatoms. The highest BCUT2D eigenvalue weighted by atomic mass is 16.8. The van der Waals surface area contributed by atoms with Gasteiger partial charge in [-0.25, -0.2) is 0 Å². The number of ether oxygens (including phenoxy) is 4. The zero-order chi connectivity index (χ0) is 16.3. The van der Waals surface area contributed by atoms with Gasteiger partial charge in [0, 0.05) is 20.6 Å². The lowest BCUT2D eigenvalue weighted by Gasteiger charge is -2.35. The first-order valence-electron chi connectivity index (χ1n) is 7.96. The first-order chi connectivity index (χ1) is 11.2. The van der Waals surface area contributed by atoms with Crippen molar-refractivity contribution in [3.63, 3.8) is 0 Å². The molecule has 1 saturated heterocycles. The third kappa shape index (κ3) is 3.34. The maximum atomic E-state index is 10.7. The molecular weight excluding hydrogens is 296 g/mol. The minimum atomic E-state index is -0.995. The van der Waals surface area contributed by atoms with Crippen LogP contribution >= 0.6 is 0 Å². The van der Waals surface area contributed by atoms with E-state index in [0.717, 1.165) is 17.6 Å². The van der Waals surface area contributed by atoms with E-state index in [1.54, 1.807) is 14.2 Å². The molecule has 0 unspecified atom stereocenters. The first-order valence-corrected chi connectivity index (χ1v) is 7.96. The van der Waals surface area contributed by atoms with Crippen LogP contribution in [0.5, 0.6) is 0 Å². The lowest BCUT2D eigenvalue weighted by atomic mass is 9.88. The predicted octanol–water partition coefficient (Wildman–Crippen LogP) is 2.00. The van der Waals surface area contributed by atoms with E-state index in [1.807, 2.05) is 36.4 Å². The number of benzene rings is 1. The minimum absolute atomic E-state index is 0.235. The highest BCUT2D eigenvalue weighted by Gasteiger charge is 2.52. The molecule has 3 rings (SSSR count). The summed E-state index contributed by atoms with van der Waals surface area (Å²) in [5, 5.41) is 10.7. The van der Waals surface area contributed by atoms with Gasteiger partial charge in [0.2, 0.25) is 0 Å². The Morgan fingerprint density at radius 1 is 1.09 bits per heavy atom. The molecule has 1 fully saturated rings. The Morgan fingerprint density at radius 2 is 1.70 bits per heavy atom. The summed E-state index contributed by atoms with van der Waals surface area (Å²) < 4.78 is 22.5. The fraction of sp³-hybridized carbons (Fsp3) is 0.556. The van der Waals surface area contributed by atoms with Crippen LogP contribution in [-0.4, -0.2) is 56.6 Å². The molecule has 23 heavy (non-hydrogen) atoms. The Kier molecular flexibility index (Phi) is 5.14. The lowest BCUT2D eigenvalue weighted by Crippen LogP contribution is -2.45. The third-order valence-corrected chi connectivity index (χ3v) is 4.48. The second kappa shape index (κ2) is 7.11. The van der Waals surface area contributed by atoms with E-state index in [0.29, 0.717) is 19.6 Å². The van der Waals surface area contributed by atoms with Gasteiger partial charge in [-0.05, 0) is 23.6 Å². The maximum absolute atomic E-state index is 10.7. The number of allylic oxidation sites excluding steroid dienone is 1. The minimum Gasteiger partial charge on any atom is -0.383 e. The second-order valence-corrected chi connectivity index (χ2v) is 6.04. The zero-order valence-corrected chi connectivity index (χ0v) is 13.6. The Hall–Kier alpha value is -1.24. The number of hydrogen-bond acceptors (Lipinski definition) is 5. The van der Waals surface area contributed by atoms with Gasteiger partial charge in [0.1, 0.15) is 18.3 Å². The highest BCUT2D eigenvalue weighted by Crippen LogP contribution is 2.42. The van der Waals surface area contributed by atoms with Gasteiger partial charge in [-0.3, -0.25) is 0 Å². The summed E-state index contributed by atoms with van der Waals surface area (Å²) in [6.07, 6.45) is 1.96. The van der Waals surface area contributed by atoms with Gasteiger partial charge >= 0.3 is 0 Å². The number of aliphatic hydroxyl groups excluding tert-OH is 1. The van der Waals surface area contributed by atoms with Crippen LogP contribution in [0.15, 0.2) is 36.4 Å². The van der Waals surface area contributed by atoms with E-state index >= 15 is 0 Å². The maximum Gasteiger partial charge on any atom is 0.199 e. The van der Waals surface area contributed by atoms with Crippen molar-refractivity contribution < 1.29 is 24.1 Å². The highest BCUT2D eigenvalue weighted by molar-refractivity contribution is 5.67. The van der Waals surface area contributed by atoms with E-state index in [-0.39, 0.29) is 12.2 Å². The number of hydrogen-bond donors (Lipinski definition) is 1. The quantitative estimate of drug-likeness (QED) is 0.899. The summed E-state index contributed by atoms with van der Waals surface area (Å²) in [5.41, 5.74) is 2.25. The van der Waals surface area contributed by atoms with E-state index in [2.05, 4.69) is 0 Å². The van der Waals surface area contributed by atoms with Crippen molar-refractivity contribution in [2.75, 3.05) is 27.4 Å². The van der Waals surface area contributed by atoms with Gasteiger partial charge in [0.25, 0.3) is 0 Å². The lowest BCUT2D eigenvalue weighted by molar-refractivity contribution is -0.230. The molecule has 1 heterocycles. The van der Waals surface area contributed by atoms with Crippen LogP contribution in [0, 0.1) is 0 Å². The van der Waals surface area contributed by atoms with Crippen LogP contribution in [0.3, 0.4) is 0 Å². The SMILES string of the molecule is COC[C@@H]1OC2(CCC(c3ccccc3)=C[C@@H]2O)O[C@H]1COC. The normalized spacial score (nSPS) is 29.7. The van der Waals surface area contributed by atoms with Gasteiger partial charge in [-0.2, -0.15) is 0 Å². The van der Waals surface area contributed by atoms with Crippen LogP contribution in [0.25, 0.3) is 5.57 Å². The van der Waals surface area contributed by atoms with Crippen LogP contribution in [-0.2, 0) is 18.9 Å². The first kappa shape index (κ1) is 16.6. The second-order valence-electron chi connectivity index (χ2n) is 6.04. The molecular formula is C18H24O5.